The molecule has 0 saturated carbocycles. The molecule has 1 fully saturated rings. The highest BCUT2D eigenvalue weighted by Crippen LogP contribution is 2.19. The molecule has 0 radical (unpaired) electrons. The van der Waals surface area contributed by atoms with E-state index in [0.29, 0.717) is 12.6 Å². The molecule has 1 aliphatic heterocycles. The molecule has 2 unspecified atom stereocenters. The fourth-order valence-corrected chi connectivity index (χ4v) is 2.75. The van der Waals surface area contributed by atoms with Crippen LogP contribution in [0.15, 0.2) is 18.2 Å². The number of likely N-dealkylation sites (N-methyl/N-ethyl adjacent to an activating group) is 1. The summed E-state index contributed by atoms with van der Waals surface area (Å²) in [6.45, 7) is 6.63. The average Bonchev–Trinajstić information content (AvgIpc) is 2.42. The van der Waals surface area contributed by atoms with E-state index in [1.807, 2.05) is 6.07 Å². The van der Waals surface area contributed by atoms with Crippen LogP contribution in [0.2, 0.25) is 0 Å². The van der Waals surface area contributed by atoms with Gasteiger partial charge in [0.2, 0.25) is 0 Å². The zero-order valence-corrected chi connectivity index (χ0v) is 12.9. The lowest BCUT2D eigenvalue weighted by Gasteiger charge is -2.28. The van der Waals surface area contributed by atoms with Crippen LogP contribution in [-0.2, 0) is 4.74 Å². The smallest absolute Gasteiger partial charge is 0.0916 e. The second-order valence-electron chi connectivity index (χ2n) is 6.07. The predicted octanol–water partition coefficient (Wildman–Crippen LogP) is 2.84. The molecular formula is C17H27NO2. The molecule has 1 aromatic carbocycles. The number of hydrogen-bond acceptors (Lipinski definition) is 3. The molecule has 2 atom stereocenters. The van der Waals surface area contributed by atoms with Gasteiger partial charge in [-0.05, 0) is 56.8 Å². The molecule has 0 amide bonds. The zero-order valence-electron chi connectivity index (χ0n) is 12.9. The molecular weight excluding hydrogens is 250 g/mol. The Labute approximate surface area is 122 Å². The minimum absolute atomic E-state index is 0.334. The first-order valence-electron chi connectivity index (χ1n) is 7.61. The number of hydrogen-bond donors (Lipinski definition) is 1. The SMILES string of the molecule is Cc1ccc(C(O)CN(C)CC2CCCCO2)cc1C. The van der Waals surface area contributed by atoms with E-state index in [1.165, 1.54) is 24.0 Å². The Morgan fingerprint density at radius 1 is 1.30 bits per heavy atom. The van der Waals surface area contributed by atoms with Gasteiger partial charge >= 0.3 is 0 Å². The van der Waals surface area contributed by atoms with Gasteiger partial charge in [-0.25, -0.2) is 0 Å². The summed E-state index contributed by atoms with van der Waals surface area (Å²) in [5.41, 5.74) is 3.51. The monoisotopic (exact) mass is 277 g/mol. The summed E-state index contributed by atoms with van der Waals surface area (Å²) < 4.78 is 5.75. The van der Waals surface area contributed by atoms with Crippen molar-refractivity contribution in [1.82, 2.24) is 4.90 Å². The number of ether oxygens (including phenoxy) is 1. The number of rotatable bonds is 5. The molecule has 1 saturated heterocycles. The highest BCUT2D eigenvalue weighted by Gasteiger charge is 2.18. The summed E-state index contributed by atoms with van der Waals surface area (Å²) in [7, 11) is 2.06. The first-order valence-corrected chi connectivity index (χ1v) is 7.61. The van der Waals surface area contributed by atoms with Crippen molar-refractivity contribution >= 4 is 0 Å². The molecule has 1 aliphatic rings. The average molecular weight is 277 g/mol. The summed E-state index contributed by atoms with van der Waals surface area (Å²) in [6.07, 6.45) is 3.50. The van der Waals surface area contributed by atoms with Crippen LogP contribution in [0.1, 0.15) is 42.1 Å². The van der Waals surface area contributed by atoms with E-state index in [1.54, 1.807) is 0 Å². The van der Waals surface area contributed by atoms with Gasteiger partial charge in [0.25, 0.3) is 0 Å². The summed E-state index contributed by atoms with van der Waals surface area (Å²) in [5, 5.41) is 10.4. The van der Waals surface area contributed by atoms with Crippen molar-refractivity contribution in [3.8, 4) is 0 Å². The van der Waals surface area contributed by atoms with E-state index in [4.69, 9.17) is 4.74 Å². The highest BCUT2D eigenvalue weighted by atomic mass is 16.5. The quantitative estimate of drug-likeness (QED) is 0.898. The van der Waals surface area contributed by atoms with Crippen LogP contribution in [0.25, 0.3) is 0 Å². The molecule has 1 aromatic rings. The van der Waals surface area contributed by atoms with Gasteiger partial charge < -0.3 is 14.7 Å². The van der Waals surface area contributed by atoms with Gasteiger partial charge in [-0.3, -0.25) is 0 Å². The molecule has 0 aliphatic carbocycles. The van der Waals surface area contributed by atoms with Gasteiger partial charge in [0, 0.05) is 19.7 Å². The van der Waals surface area contributed by atoms with Crippen LogP contribution in [0.4, 0.5) is 0 Å². The minimum Gasteiger partial charge on any atom is -0.387 e. The summed E-state index contributed by atoms with van der Waals surface area (Å²) in [5.74, 6) is 0. The lowest BCUT2D eigenvalue weighted by molar-refractivity contribution is -0.00795. The van der Waals surface area contributed by atoms with E-state index >= 15 is 0 Å². The number of aliphatic hydroxyl groups is 1. The number of benzene rings is 1. The Balaban J connectivity index is 1.86. The third kappa shape index (κ3) is 4.30. The molecule has 2 rings (SSSR count). The maximum atomic E-state index is 10.4. The van der Waals surface area contributed by atoms with Gasteiger partial charge in [0.15, 0.2) is 0 Å². The molecule has 1 heterocycles. The van der Waals surface area contributed by atoms with Crippen molar-refractivity contribution in [2.75, 3.05) is 26.7 Å². The lowest BCUT2D eigenvalue weighted by atomic mass is 10.0. The van der Waals surface area contributed by atoms with Crippen molar-refractivity contribution < 1.29 is 9.84 Å². The molecule has 3 nitrogen and oxygen atoms in total. The predicted molar refractivity (Wildman–Crippen MR) is 82.0 cm³/mol. The maximum absolute atomic E-state index is 10.4. The third-order valence-electron chi connectivity index (χ3n) is 4.19. The van der Waals surface area contributed by atoms with Gasteiger partial charge in [0.1, 0.15) is 0 Å². The van der Waals surface area contributed by atoms with Gasteiger partial charge in [-0.2, -0.15) is 0 Å². The first-order chi connectivity index (χ1) is 9.56. The second kappa shape index (κ2) is 7.21. The summed E-state index contributed by atoms with van der Waals surface area (Å²) in [6, 6.07) is 6.20. The second-order valence-corrected chi connectivity index (χ2v) is 6.07. The fraction of sp³-hybridized carbons (Fsp3) is 0.647. The van der Waals surface area contributed by atoms with Crippen molar-refractivity contribution in [3.05, 3.63) is 34.9 Å². The lowest BCUT2D eigenvalue weighted by Crippen LogP contribution is -2.35. The van der Waals surface area contributed by atoms with Crippen LogP contribution in [-0.4, -0.2) is 42.9 Å². The molecule has 112 valence electrons. The van der Waals surface area contributed by atoms with E-state index in [9.17, 15) is 5.11 Å². The van der Waals surface area contributed by atoms with E-state index < -0.39 is 6.10 Å². The van der Waals surface area contributed by atoms with Crippen molar-refractivity contribution in [1.29, 1.82) is 0 Å². The maximum Gasteiger partial charge on any atom is 0.0916 e. The fourth-order valence-electron chi connectivity index (χ4n) is 2.75. The van der Waals surface area contributed by atoms with Crippen molar-refractivity contribution in [2.24, 2.45) is 0 Å². The zero-order chi connectivity index (χ0) is 14.5. The van der Waals surface area contributed by atoms with Crippen LogP contribution in [0.3, 0.4) is 0 Å². The highest BCUT2D eigenvalue weighted by molar-refractivity contribution is 5.31. The van der Waals surface area contributed by atoms with Crippen molar-refractivity contribution in [2.45, 2.75) is 45.3 Å². The molecule has 3 heteroatoms. The Kier molecular flexibility index (Phi) is 5.58. The van der Waals surface area contributed by atoms with Crippen LogP contribution in [0.5, 0.6) is 0 Å². The van der Waals surface area contributed by atoms with Crippen LogP contribution >= 0.6 is 0 Å². The molecule has 0 spiro atoms. The molecule has 20 heavy (non-hydrogen) atoms. The van der Waals surface area contributed by atoms with Gasteiger partial charge in [-0.1, -0.05) is 18.2 Å². The van der Waals surface area contributed by atoms with Crippen molar-refractivity contribution in [3.63, 3.8) is 0 Å². The Bertz CT molecular complexity index is 427. The molecule has 0 aromatic heterocycles. The topological polar surface area (TPSA) is 32.7 Å². The summed E-state index contributed by atoms with van der Waals surface area (Å²) >= 11 is 0. The normalized spacial score (nSPS) is 21.1. The third-order valence-corrected chi connectivity index (χ3v) is 4.19. The van der Waals surface area contributed by atoms with E-state index in [-0.39, 0.29) is 0 Å². The number of aliphatic hydroxyl groups excluding tert-OH is 1. The minimum atomic E-state index is -0.428. The number of nitrogens with zero attached hydrogens (tertiary/aromatic N) is 1. The Morgan fingerprint density at radius 2 is 2.10 bits per heavy atom. The molecule has 1 N–H and O–H groups in total. The number of aryl methyl sites for hydroxylation is 2. The van der Waals surface area contributed by atoms with E-state index in [0.717, 1.165) is 25.1 Å². The summed E-state index contributed by atoms with van der Waals surface area (Å²) in [4.78, 5) is 2.18. The van der Waals surface area contributed by atoms with Crippen LogP contribution < -0.4 is 0 Å². The Morgan fingerprint density at radius 3 is 2.75 bits per heavy atom. The first kappa shape index (κ1) is 15.5. The standard InChI is InChI=1S/C17H27NO2/c1-13-7-8-15(10-14(13)2)17(19)12-18(3)11-16-6-4-5-9-20-16/h7-8,10,16-17,19H,4-6,9,11-12H2,1-3H3. The van der Waals surface area contributed by atoms with Gasteiger partial charge in [0.05, 0.1) is 12.2 Å². The largest absolute Gasteiger partial charge is 0.387 e. The Hall–Kier alpha value is -0.900. The van der Waals surface area contributed by atoms with Gasteiger partial charge in [-0.15, -0.1) is 0 Å². The van der Waals surface area contributed by atoms with E-state index in [2.05, 4.69) is 37.9 Å². The van der Waals surface area contributed by atoms with Crippen LogP contribution in [0, 0.1) is 13.8 Å². The molecule has 0 bridgehead atoms.